The average molecular weight is 489 g/mol. The molecule has 5 heterocycles. The van der Waals surface area contributed by atoms with Crippen LogP contribution >= 0.6 is 11.6 Å². The van der Waals surface area contributed by atoms with Gasteiger partial charge in [-0.15, -0.1) is 0 Å². The van der Waals surface area contributed by atoms with Crippen molar-refractivity contribution in [1.29, 1.82) is 0 Å². The lowest BCUT2D eigenvalue weighted by atomic mass is 10.1. The monoisotopic (exact) mass is 488 g/mol. The van der Waals surface area contributed by atoms with Crippen LogP contribution in [0.1, 0.15) is 18.9 Å². The van der Waals surface area contributed by atoms with Crippen LogP contribution in [0.25, 0.3) is 39.4 Å². The number of halogens is 2. The number of nitrogens with one attached hydrogen (secondary N) is 1. The number of nitrogens with zero attached hydrogens (tertiary/aromatic N) is 6. The highest BCUT2D eigenvalue weighted by Crippen LogP contribution is 2.35. The molecule has 5 aromatic rings. The molecule has 0 radical (unpaired) electrons. The molecule has 8 nitrogen and oxygen atoms in total. The van der Waals surface area contributed by atoms with Crippen LogP contribution in [0.4, 0.5) is 10.2 Å². The van der Waals surface area contributed by atoms with E-state index in [1.807, 2.05) is 29.2 Å². The predicted molar refractivity (Wildman–Crippen MR) is 134 cm³/mol. The van der Waals surface area contributed by atoms with Gasteiger partial charge in [0.15, 0.2) is 17.3 Å². The van der Waals surface area contributed by atoms with E-state index in [2.05, 4.69) is 20.4 Å². The smallest absolute Gasteiger partial charge is 0.165 e. The molecule has 1 aliphatic rings. The van der Waals surface area contributed by atoms with E-state index in [0.717, 1.165) is 37.1 Å². The first kappa shape index (κ1) is 21.7. The Morgan fingerprint density at radius 2 is 1.91 bits per heavy atom. The zero-order chi connectivity index (χ0) is 23.9. The number of rotatable bonds is 4. The topological polar surface area (TPSA) is 99.5 Å². The predicted octanol–water partition coefficient (Wildman–Crippen LogP) is 4.65. The molecule has 0 bridgehead atoms. The number of nitrogens with two attached hydrogens (primary N) is 1. The van der Waals surface area contributed by atoms with Gasteiger partial charge in [0.25, 0.3) is 0 Å². The lowest BCUT2D eigenvalue weighted by molar-refractivity contribution is 0.343. The molecule has 6 rings (SSSR count). The fourth-order valence-electron chi connectivity index (χ4n) is 4.56. The Bertz CT molecular complexity index is 1540. The molecule has 10 heteroatoms. The molecule has 0 aliphatic carbocycles. The van der Waals surface area contributed by atoms with Crippen molar-refractivity contribution in [1.82, 2.24) is 34.6 Å². The molecule has 1 aromatic carbocycles. The molecule has 3 N–H and O–H groups in total. The van der Waals surface area contributed by atoms with Gasteiger partial charge in [-0.05, 0) is 56.3 Å². The zero-order valence-electron chi connectivity index (χ0n) is 18.7. The number of aromatic nitrogens is 6. The summed E-state index contributed by atoms with van der Waals surface area (Å²) < 4.78 is 18.8. The normalized spacial score (nSPS) is 14.6. The highest BCUT2D eigenvalue weighted by atomic mass is 35.5. The van der Waals surface area contributed by atoms with Crippen LogP contribution in [0.5, 0.6) is 0 Å². The van der Waals surface area contributed by atoms with Gasteiger partial charge in [-0.3, -0.25) is 9.25 Å². The minimum absolute atomic E-state index is 0.0106. The molecule has 4 aromatic heterocycles. The molecule has 1 fully saturated rings. The Balaban J connectivity index is 1.50. The average Bonchev–Trinajstić information content (AvgIpc) is 3.52. The van der Waals surface area contributed by atoms with Gasteiger partial charge in [0.05, 0.1) is 28.5 Å². The first-order chi connectivity index (χ1) is 17.1. The molecule has 1 aliphatic heterocycles. The maximum Gasteiger partial charge on any atom is 0.165 e. The van der Waals surface area contributed by atoms with E-state index in [0.29, 0.717) is 28.6 Å². The summed E-state index contributed by atoms with van der Waals surface area (Å²) in [5.41, 5.74) is 9.98. The highest BCUT2D eigenvalue weighted by Gasteiger charge is 2.22. The number of piperidine rings is 1. The molecule has 0 saturated carbocycles. The first-order valence-corrected chi connectivity index (χ1v) is 11.8. The van der Waals surface area contributed by atoms with E-state index in [9.17, 15) is 0 Å². The molecule has 1 saturated heterocycles. The quantitative estimate of drug-likeness (QED) is 0.382. The molecule has 0 spiro atoms. The lowest BCUT2D eigenvalue weighted by Gasteiger charge is -2.22. The number of fused-ring (bicyclic) bond motifs is 1. The van der Waals surface area contributed by atoms with E-state index in [1.54, 1.807) is 35.2 Å². The van der Waals surface area contributed by atoms with Gasteiger partial charge in [-0.25, -0.2) is 19.3 Å². The number of hydrogen-bond donors (Lipinski definition) is 2. The number of benzene rings is 1. The van der Waals surface area contributed by atoms with E-state index in [-0.39, 0.29) is 16.5 Å². The van der Waals surface area contributed by atoms with Crippen molar-refractivity contribution in [2.24, 2.45) is 0 Å². The van der Waals surface area contributed by atoms with E-state index < -0.39 is 5.82 Å². The van der Waals surface area contributed by atoms with Crippen LogP contribution in [0.3, 0.4) is 0 Å². The summed E-state index contributed by atoms with van der Waals surface area (Å²) in [7, 11) is 0. The van der Waals surface area contributed by atoms with Gasteiger partial charge in [0.1, 0.15) is 11.3 Å². The minimum Gasteiger partial charge on any atom is -0.383 e. The summed E-state index contributed by atoms with van der Waals surface area (Å²) in [6.45, 7) is 1.97. The third-order valence-electron chi connectivity index (χ3n) is 6.37. The maximum absolute atomic E-state index is 15.1. The number of pyridine rings is 2. The van der Waals surface area contributed by atoms with Crippen LogP contribution < -0.4 is 11.1 Å². The molecule has 0 amide bonds. The van der Waals surface area contributed by atoms with Crippen LogP contribution in [-0.4, -0.2) is 42.4 Å². The second kappa shape index (κ2) is 8.75. The summed E-state index contributed by atoms with van der Waals surface area (Å²) in [5.74, 6) is 0.141. The first-order valence-electron chi connectivity index (χ1n) is 11.4. The van der Waals surface area contributed by atoms with Gasteiger partial charge in [0.2, 0.25) is 0 Å². The number of anilines is 1. The number of imidazole rings is 1. The van der Waals surface area contributed by atoms with Gasteiger partial charge in [0, 0.05) is 29.7 Å². The summed E-state index contributed by atoms with van der Waals surface area (Å²) in [6, 6.07) is 10.7. The van der Waals surface area contributed by atoms with E-state index in [1.165, 1.54) is 6.07 Å². The van der Waals surface area contributed by atoms with E-state index in [4.69, 9.17) is 22.3 Å². The van der Waals surface area contributed by atoms with E-state index >= 15 is 4.39 Å². The zero-order valence-corrected chi connectivity index (χ0v) is 19.5. The van der Waals surface area contributed by atoms with Crippen molar-refractivity contribution in [3.63, 3.8) is 0 Å². The Labute approximate surface area is 205 Å². The second-order valence-electron chi connectivity index (χ2n) is 8.54. The maximum atomic E-state index is 15.1. The molecule has 176 valence electrons. The Morgan fingerprint density at radius 1 is 1.06 bits per heavy atom. The summed E-state index contributed by atoms with van der Waals surface area (Å²) in [4.78, 5) is 13.6. The van der Waals surface area contributed by atoms with Crippen molar-refractivity contribution in [2.45, 2.75) is 18.9 Å². The van der Waals surface area contributed by atoms with Gasteiger partial charge < -0.3 is 11.1 Å². The fraction of sp³-hybridized carbons (Fsp3) is 0.200. The second-order valence-corrected chi connectivity index (χ2v) is 8.94. The summed E-state index contributed by atoms with van der Waals surface area (Å²) in [6.07, 6.45) is 9.30. The highest BCUT2D eigenvalue weighted by molar-refractivity contribution is 6.30. The van der Waals surface area contributed by atoms with Gasteiger partial charge in [-0.1, -0.05) is 17.7 Å². The number of hydrogen-bond acceptors (Lipinski definition) is 6. The number of nitrogen functional groups attached to an aromatic ring is 1. The largest absolute Gasteiger partial charge is 0.383 e. The molecular weight excluding hydrogens is 467 g/mol. The summed E-state index contributed by atoms with van der Waals surface area (Å²) in [5, 5.41) is 7.99. The van der Waals surface area contributed by atoms with Crippen molar-refractivity contribution in [2.75, 3.05) is 18.8 Å². The lowest BCUT2D eigenvalue weighted by Crippen LogP contribution is -2.29. The minimum atomic E-state index is -0.564. The van der Waals surface area contributed by atoms with Crippen LogP contribution in [0.2, 0.25) is 5.02 Å². The molecule has 0 unspecified atom stereocenters. The molecular formula is C25H22ClFN8. The third-order valence-corrected chi connectivity index (χ3v) is 6.66. The van der Waals surface area contributed by atoms with Gasteiger partial charge in [-0.2, -0.15) is 5.10 Å². The Morgan fingerprint density at radius 3 is 2.77 bits per heavy atom. The fourth-order valence-corrected chi connectivity index (χ4v) is 4.73. The van der Waals surface area contributed by atoms with Gasteiger partial charge >= 0.3 is 0 Å². The van der Waals surface area contributed by atoms with Crippen LogP contribution in [-0.2, 0) is 0 Å². The van der Waals surface area contributed by atoms with Crippen LogP contribution in [0, 0.1) is 5.82 Å². The van der Waals surface area contributed by atoms with Crippen molar-refractivity contribution >= 4 is 28.6 Å². The van der Waals surface area contributed by atoms with Crippen molar-refractivity contribution in [3.8, 4) is 28.2 Å². The molecule has 35 heavy (non-hydrogen) atoms. The Hall–Kier alpha value is -3.82. The third kappa shape index (κ3) is 3.82. The van der Waals surface area contributed by atoms with Crippen molar-refractivity contribution in [3.05, 3.63) is 72.0 Å². The standard InChI is InChI=1S/C25H22ClFN8/c26-19-3-1-5-21(22(19)27)35-24(33-20-4-2-8-30-25(20)35)18-11-15(12-31-23(18)28)16-13-32-34(14-16)17-6-9-29-10-7-17/h1-5,8,11-14,17,29H,6-7,9-10H2,(H2,28,31). The van der Waals surface area contributed by atoms with Crippen molar-refractivity contribution < 1.29 is 4.39 Å². The Kier molecular flexibility index (Phi) is 5.43. The SMILES string of the molecule is Nc1ncc(-c2cnn(C3CCNCC3)c2)cc1-c1nc2cccnc2n1-c1cccc(Cl)c1F. The molecule has 0 atom stereocenters. The summed E-state index contributed by atoms with van der Waals surface area (Å²) >= 11 is 6.10. The van der Waals surface area contributed by atoms with Crippen LogP contribution in [0.15, 0.2) is 61.2 Å².